The van der Waals surface area contributed by atoms with Crippen molar-refractivity contribution in [2.75, 3.05) is 11.9 Å². The van der Waals surface area contributed by atoms with Gasteiger partial charge in [0, 0.05) is 23.8 Å². The van der Waals surface area contributed by atoms with E-state index in [0.29, 0.717) is 29.6 Å². The molecule has 0 fully saturated rings. The van der Waals surface area contributed by atoms with E-state index < -0.39 is 5.25 Å². The van der Waals surface area contributed by atoms with Gasteiger partial charge in [-0.15, -0.1) is 10.2 Å². The number of carbonyl (C=O) groups is 1. The molecule has 1 amide bonds. The number of nitrogens with zero attached hydrogens (tertiary/aromatic N) is 4. The van der Waals surface area contributed by atoms with E-state index >= 15 is 0 Å². The van der Waals surface area contributed by atoms with Crippen molar-refractivity contribution in [2.45, 2.75) is 30.7 Å². The summed E-state index contributed by atoms with van der Waals surface area (Å²) in [5, 5.41) is 10.9. The van der Waals surface area contributed by atoms with Crippen LogP contribution in [0.4, 0.5) is 10.1 Å². The normalized spacial score (nSPS) is 12.0. The van der Waals surface area contributed by atoms with Crippen molar-refractivity contribution in [3.63, 3.8) is 0 Å². The van der Waals surface area contributed by atoms with E-state index in [1.165, 1.54) is 40.6 Å². The summed E-state index contributed by atoms with van der Waals surface area (Å²) in [5.74, 6) is 0.106. The zero-order valence-corrected chi connectivity index (χ0v) is 18.9. The maximum Gasteiger partial charge on any atom is 0.300 e. The summed E-state index contributed by atoms with van der Waals surface area (Å²) in [6.07, 6.45) is 3.86. The third kappa shape index (κ3) is 4.90. The Morgan fingerprint density at radius 3 is 2.48 bits per heavy atom. The highest BCUT2D eigenvalue weighted by molar-refractivity contribution is 8.00. The fourth-order valence-electron chi connectivity index (χ4n) is 3.22. The molecule has 4 rings (SSSR count). The number of halogens is 1. The number of hydrogen-bond donors (Lipinski definition) is 1. The first-order valence-corrected chi connectivity index (χ1v) is 11.3. The van der Waals surface area contributed by atoms with Gasteiger partial charge in [-0.3, -0.25) is 18.6 Å². The molecule has 0 aliphatic rings. The monoisotopic (exact) mass is 467 g/mol. The molecule has 170 valence electrons. The highest BCUT2D eigenvalue weighted by atomic mass is 32.2. The fraction of sp³-hybridized carbons (Fsp3) is 0.217. The lowest BCUT2D eigenvalue weighted by Gasteiger charge is -2.14. The summed E-state index contributed by atoms with van der Waals surface area (Å²) in [6, 6.07) is 12.7. The van der Waals surface area contributed by atoms with Crippen molar-refractivity contribution in [1.29, 1.82) is 0 Å². The zero-order valence-electron chi connectivity index (χ0n) is 18.1. The quantitative estimate of drug-likeness (QED) is 0.395. The van der Waals surface area contributed by atoms with E-state index in [9.17, 15) is 14.0 Å². The Bertz CT molecular complexity index is 1320. The number of hydrogen-bond acceptors (Lipinski definition) is 6. The fourth-order valence-corrected chi connectivity index (χ4v) is 4.16. The van der Waals surface area contributed by atoms with Gasteiger partial charge in [0.25, 0.3) is 0 Å². The molecule has 0 aliphatic carbocycles. The van der Waals surface area contributed by atoms with Gasteiger partial charge in [-0.25, -0.2) is 4.39 Å². The Morgan fingerprint density at radius 2 is 1.82 bits per heavy atom. The van der Waals surface area contributed by atoms with Crippen LogP contribution >= 0.6 is 11.8 Å². The highest BCUT2D eigenvalue weighted by Crippen LogP contribution is 2.25. The third-order valence-electron chi connectivity index (χ3n) is 4.89. The van der Waals surface area contributed by atoms with Crippen LogP contribution in [0.5, 0.6) is 5.75 Å². The number of thioether (sulfide) groups is 1. The van der Waals surface area contributed by atoms with Gasteiger partial charge >= 0.3 is 5.56 Å². The molecule has 1 N–H and O–H groups in total. The molecule has 0 unspecified atom stereocenters. The van der Waals surface area contributed by atoms with E-state index in [1.807, 2.05) is 13.8 Å². The van der Waals surface area contributed by atoms with Crippen molar-refractivity contribution >= 4 is 29.0 Å². The minimum atomic E-state index is -0.476. The number of fused-ring (bicyclic) bond motifs is 1. The predicted octanol–water partition coefficient (Wildman–Crippen LogP) is 3.93. The van der Waals surface area contributed by atoms with Gasteiger partial charge in [-0.2, -0.15) is 0 Å². The molecule has 10 heteroatoms. The van der Waals surface area contributed by atoms with E-state index in [4.69, 9.17) is 4.74 Å². The Hall–Kier alpha value is -3.66. The molecule has 8 nitrogen and oxygen atoms in total. The van der Waals surface area contributed by atoms with E-state index in [2.05, 4.69) is 15.5 Å². The molecule has 0 saturated heterocycles. The van der Waals surface area contributed by atoms with Gasteiger partial charge in [0.2, 0.25) is 11.6 Å². The summed E-state index contributed by atoms with van der Waals surface area (Å²) >= 11 is 1.21. The van der Waals surface area contributed by atoms with Crippen molar-refractivity contribution < 1.29 is 13.9 Å². The summed E-state index contributed by atoms with van der Waals surface area (Å²) < 4.78 is 21.6. The van der Waals surface area contributed by atoms with Crippen molar-refractivity contribution in [3.8, 4) is 11.4 Å². The Morgan fingerprint density at radius 1 is 1.09 bits per heavy atom. The molecule has 0 radical (unpaired) electrons. The maximum absolute atomic E-state index is 13.1. The van der Waals surface area contributed by atoms with Crippen LogP contribution in [-0.4, -0.2) is 36.9 Å². The van der Waals surface area contributed by atoms with Crippen LogP contribution in [0.15, 0.2) is 70.9 Å². The molecule has 33 heavy (non-hydrogen) atoms. The van der Waals surface area contributed by atoms with Crippen LogP contribution < -0.4 is 15.6 Å². The van der Waals surface area contributed by atoms with E-state index in [0.717, 1.165) is 5.75 Å². The second-order valence-electron chi connectivity index (χ2n) is 7.09. The number of amides is 1. The lowest BCUT2D eigenvalue weighted by atomic mass is 10.2. The van der Waals surface area contributed by atoms with Crippen molar-refractivity contribution in [1.82, 2.24) is 19.2 Å². The topological polar surface area (TPSA) is 90.5 Å². The summed E-state index contributed by atoms with van der Waals surface area (Å²) in [6.45, 7) is 4.35. The van der Waals surface area contributed by atoms with Crippen LogP contribution in [0.3, 0.4) is 0 Å². The number of ether oxygens (including phenoxy) is 1. The van der Waals surface area contributed by atoms with Crippen molar-refractivity contribution in [2.24, 2.45) is 0 Å². The molecule has 2 aromatic heterocycles. The number of carbonyl (C=O) groups excluding carboxylic acids is 1. The highest BCUT2D eigenvalue weighted by Gasteiger charge is 2.22. The molecular formula is C23H22FN5O3S. The van der Waals surface area contributed by atoms with Crippen LogP contribution in [0.1, 0.15) is 20.3 Å². The minimum absolute atomic E-state index is 0.155. The first-order chi connectivity index (χ1) is 16.0. The lowest BCUT2D eigenvalue weighted by Crippen LogP contribution is -2.25. The third-order valence-corrected chi connectivity index (χ3v) is 6.21. The van der Waals surface area contributed by atoms with Gasteiger partial charge in [0.05, 0.1) is 11.9 Å². The number of aromatic nitrogens is 4. The first-order valence-electron chi connectivity index (χ1n) is 10.4. The van der Waals surface area contributed by atoms with Gasteiger partial charge in [-0.1, -0.05) is 18.7 Å². The average Bonchev–Trinajstić information content (AvgIpc) is 3.23. The second-order valence-corrected chi connectivity index (χ2v) is 8.26. The van der Waals surface area contributed by atoms with Gasteiger partial charge in [0.1, 0.15) is 11.6 Å². The van der Waals surface area contributed by atoms with Crippen LogP contribution in [-0.2, 0) is 4.79 Å². The van der Waals surface area contributed by atoms with Crippen molar-refractivity contribution in [3.05, 3.63) is 77.1 Å². The Balaban J connectivity index is 1.56. The molecule has 0 aliphatic heterocycles. The number of nitrogens with one attached hydrogen (secondary N) is 1. The summed E-state index contributed by atoms with van der Waals surface area (Å²) in [5.41, 5.74) is 1.01. The average molecular weight is 468 g/mol. The first kappa shape index (κ1) is 22.5. The molecule has 2 heterocycles. The molecule has 0 bridgehead atoms. The van der Waals surface area contributed by atoms with Crippen LogP contribution in [0, 0.1) is 5.82 Å². The van der Waals surface area contributed by atoms with Gasteiger partial charge in [0.15, 0.2) is 5.16 Å². The maximum atomic E-state index is 13.1. The van der Waals surface area contributed by atoms with Gasteiger partial charge in [-0.05, 0) is 61.9 Å². The van der Waals surface area contributed by atoms with Gasteiger partial charge < -0.3 is 10.1 Å². The Kier molecular flexibility index (Phi) is 6.74. The number of anilines is 1. The number of benzene rings is 2. The zero-order chi connectivity index (χ0) is 23.4. The molecular weight excluding hydrogens is 445 g/mol. The molecule has 2 aromatic carbocycles. The standard InChI is InChI=1S/C23H22FN5O3S/c1-3-19(21(30)25-16-7-5-15(24)6-8-16)33-23-27-26-20-22(31)28(13-14-29(20)23)17-9-11-18(12-10-17)32-4-2/h5-14,19H,3-4H2,1-2H3,(H,25,30)/t19-/m1/s1. The molecule has 0 saturated carbocycles. The van der Waals surface area contributed by atoms with E-state index in [-0.39, 0.29) is 22.9 Å². The number of rotatable bonds is 8. The minimum Gasteiger partial charge on any atom is -0.494 e. The second kappa shape index (κ2) is 9.86. The Labute approximate surface area is 193 Å². The van der Waals surface area contributed by atoms with Crippen LogP contribution in [0.2, 0.25) is 0 Å². The molecule has 1 atom stereocenters. The largest absolute Gasteiger partial charge is 0.494 e. The molecule has 0 spiro atoms. The lowest BCUT2D eigenvalue weighted by molar-refractivity contribution is -0.115. The van der Waals surface area contributed by atoms with E-state index in [1.54, 1.807) is 41.1 Å². The SMILES string of the molecule is CCOc1ccc(-n2ccn3c(S[C@H](CC)C(=O)Nc4ccc(F)cc4)nnc3c2=O)cc1. The summed E-state index contributed by atoms with van der Waals surface area (Å²) in [7, 11) is 0. The predicted molar refractivity (Wildman–Crippen MR) is 125 cm³/mol. The summed E-state index contributed by atoms with van der Waals surface area (Å²) in [4.78, 5) is 25.7. The van der Waals surface area contributed by atoms with Crippen LogP contribution in [0.25, 0.3) is 11.3 Å². The molecule has 4 aromatic rings. The smallest absolute Gasteiger partial charge is 0.300 e.